The van der Waals surface area contributed by atoms with Crippen molar-refractivity contribution in [3.8, 4) is 0 Å². The van der Waals surface area contributed by atoms with E-state index in [1.807, 2.05) is 0 Å². The maximum absolute atomic E-state index is 11.6. The molecule has 3 N–H and O–H groups in total. The normalized spacial score (nSPS) is 16.3. The molecule has 0 aliphatic carbocycles. The number of carbonyl (C=O) groups excluding carboxylic acids is 2. The van der Waals surface area contributed by atoms with Gasteiger partial charge >= 0.3 is 0 Å². The molecule has 2 rings (SSSR count). The Morgan fingerprint density at radius 1 is 1.50 bits per heavy atom. The SMILES string of the molecule is NN1CC(=O)Nc2nnn(P)c2C1=O. The lowest BCUT2D eigenvalue weighted by Gasteiger charge is -2.11. The van der Waals surface area contributed by atoms with Gasteiger partial charge in [0.15, 0.2) is 11.5 Å². The molecule has 0 radical (unpaired) electrons. The van der Waals surface area contributed by atoms with Gasteiger partial charge < -0.3 is 5.32 Å². The average molecular weight is 214 g/mol. The molecular formula is C5H7N6O2P. The Hall–Kier alpha value is -1.53. The highest BCUT2D eigenvalue weighted by molar-refractivity contribution is 7.14. The highest BCUT2D eigenvalue weighted by Gasteiger charge is 2.28. The molecule has 1 atom stereocenters. The Balaban J connectivity index is 2.54. The van der Waals surface area contributed by atoms with E-state index < -0.39 is 11.8 Å². The average Bonchev–Trinajstić information content (AvgIpc) is 2.40. The monoisotopic (exact) mass is 214 g/mol. The van der Waals surface area contributed by atoms with Crippen LogP contribution in [0.25, 0.3) is 0 Å². The van der Waals surface area contributed by atoms with Gasteiger partial charge in [-0.15, -0.1) is 5.10 Å². The third-order valence-corrected chi connectivity index (χ3v) is 2.09. The molecule has 14 heavy (non-hydrogen) atoms. The molecule has 0 bridgehead atoms. The molecule has 0 saturated carbocycles. The van der Waals surface area contributed by atoms with E-state index in [-0.39, 0.29) is 18.1 Å². The van der Waals surface area contributed by atoms with Crippen molar-refractivity contribution in [2.75, 3.05) is 11.9 Å². The first-order valence-corrected chi connectivity index (χ1v) is 4.18. The highest BCUT2D eigenvalue weighted by atomic mass is 31.0. The maximum Gasteiger partial charge on any atom is 0.290 e. The summed E-state index contributed by atoms with van der Waals surface area (Å²) < 4.78 is 1.18. The number of fused-ring (bicyclic) bond motifs is 1. The number of rotatable bonds is 0. The Morgan fingerprint density at radius 2 is 2.21 bits per heavy atom. The van der Waals surface area contributed by atoms with Crippen LogP contribution in [0.1, 0.15) is 10.5 Å². The van der Waals surface area contributed by atoms with Gasteiger partial charge in [0.2, 0.25) is 5.91 Å². The Labute approximate surface area is 80.6 Å². The van der Waals surface area contributed by atoms with E-state index in [2.05, 4.69) is 25.0 Å². The van der Waals surface area contributed by atoms with Gasteiger partial charge in [-0.05, 0) is 9.39 Å². The number of hydrogen-bond acceptors (Lipinski definition) is 5. The summed E-state index contributed by atoms with van der Waals surface area (Å²) in [5, 5.41) is 10.4. The zero-order valence-electron chi connectivity index (χ0n) is 6.97. The van der Waals surface area contributed by atoms with Crippen molar-refractivity contribution in [2.24, 2.45) is 5.84 Å². The molecule has 0 saturated heterocycles. The highest BCUT2D eigenvalue weighted by Crippen LogP contribution is 2.17. The second-order valence-electron chi connectivity index (χ2n) is 2.71. The van der Waals surface area contributed by atoms with Crippen molar-refractivity contribution < 1.29 is 9.59 Å². The molecule has 1 aromatic rings. The smallest absolute Gasteiger partial charge is 0.290 e. The number of aromatic nitrogens is 3. The second kappa shape index (κ2) is 3.00. The Bertz CT molecular complexity index is 414. The predicted molar refractivity (Wildman–Crippen MR) is 49.0 cm³/mol. The van der Waals surface area contributed by atoms with Gasteiger partial charge in [0.1, 0.15) is 6.54 Å². The van der Waals surface area contributed by atoms with Crippen LogP contribution in [0, 0.1) is 0 Å². The second-order valence-corrected chi connectivity index (χ2v) is 3.20. The largest absolute Gasteiger partial charge is 0.306 e. The zero-order chi connectivity index (χ0) is 10.3. The van der Waals surface area contributed by atoms with Gasteiger partial charge in [-0.2, -0.15) is 0 Å². The molecule has 9 heteroatoms. The zero-order valence-corrected chi connectivity index (χ0v) is 8.12. The maximum atomic E-state index is 11.6. The lowest BCUT2D eigenvalue weighted by atomic mass is 10.4. The number of anilines is 1. The van der Waals surface area contributed by atoms with E-state index in [9.17, 15) is 9.59 Å². The van der Waals surface area contributed by atoms with Crippen LogP contribution in [0.3, 0.4) is 0 Å². The molecular weight excluding hydrogens is 207 g/mol. The molecule has 2 heterocycles. The molecule has 0 spiro atoms. The minimum Gasteiger partial charge on any atom is -0.306 e. The van der Waals surface area contributed by atoms with Crippen LogP contribution in [-0.2, 0) is 4.79 Å². The quantitative estimate of drug-likeness (QED) is 0.300. The summed E-state index contributed by atoms with van der Waals surface area (Å²) in [7, 11) is 2.18. The minimum absolute atomic E-state index is 0.128. The van der Waals surface area contributed by atoms with Gasteiger partial charge in [0, 0.05) is 0 Å². The third-order valence-electron chi connectivity index (χ3n) is 1.73. The fourth-order valence-corrected chi connectivity index (χ4v) is 1.40. The van der Waals surface area contributed by atoms with Crippen molar-refractivity contribution in [1.29, 1.82) is 0 Å². The molecule has 1 aromatic heterocycles. The number of hydrogen-bond donors (Lipinski definition) is 2. The fraction of sp³-hybridized carbons (Fsp3) is 0.200. The number of hydrazine groups is 1. The van der Waals surface area contributed by atoms with E-state index in [4.69, 9.17) is 5.84 Å². The number of amides is 2. The topological polar surface area (TPSA) is 106 Å². The van der Waals surface area contributed by atoms with Gasteiger partial charge in [-0.1, -0.05) is 5.21 Å². The van der Waals surface area contributed by atoms with Crippen LogP contribution in [0.5, 0.6) is 0 Å². The minimum atomic E-state index is -0.502. The van der Waals surface area contributed by atoms with E-state index in [0.29, 0.717) is 0 Å². The van der Waals surface area contributed by atoms with Crippen LogP contribution in [0.4, 0.5) is 5.82 Å². The lowest BCUT2D eigenvalue weighted by molar-refractivity contribution is -0.116. The first-order chi connectivity index (χ1) is 6.59. The van der Waals surface area contributed by atoms with Gasteiger partial charge in [-0.25, -0.2) is 10.3 Å². The number of nitrogens with one attached hydrogen (secondary N) is 1. The number of carbonyl (C=O) groups is 2. The van der Waals surface area contributed by atoms with E-state index in [0.717, 1.165) is 5.01 Å². The number of nitrogens with two attached hydrogens (primary N) is 1. The summed E-state index contributed by atoms with van der Waals surface area (Å²) in [5.41, 5.74) is 0.142. The van der Waals surface area contributed by atoms with E-state index >= 15 is 0 Å². The van der Waals surface area contributed by atoms with Crippen molar-refractivity contribution in [3.63, 3.8) is 0 Å². The summed E-state index contributed by atoms with van der Waals surface area (Å²) >= 11 is 0. The van der Waals surface area contributed by atoms with Crippen LogP contribution in [0.15, 0.2) is 0 Å². The first kappa shape index (κ1) is 9.04. The Kier molecular flexibility index (Phi) is 1.94. The molecule has 1 aliphatic rings. The molecule has 0 aromatic carbocycles. The van der Waals surface area contributed by atoms with Gasteiger partial charge in [0.05, 0.1) is 0 Å². The summed E-state index contributed by atoms with van der Waals surface area (Å²) in [6.07, 6.45) is 0. The van der Waals surface area contributed by atoms with Crippen LogP contribution < -0.4 is 11.2 Å². The van der Waals surface area contributed by atoms with E-state index in [1.54, 1.807) is 0 Å². The molecule has 8 nitrogen and oxygen atoms in total. The summed E-state index contributed by atoms with van der Waals surface area (Å²) in [6.45, 7) is -0.195. The molecule has 1 aliphatic heterocycles. The van der Waals surface area contributed by atoms with Crippen molar-refractivity contribution in [1.82, 2.24) is 19.8 Å². The standard InChI is InChI=1S/C5H7N6O2P/c6-10-1-2(12)7-4-3(5(10)13)11(14)9-8-4/h1,6,14H2,(H,7,12). The molecule has 74 valence electrons. The summed E-state index contributed by atoms with van der Waals surface area (Å²) in [5.74, 6) is 4.58. The molecule has 0 fully saturated rings. The van der Waals surface area contributed by atoms with Crippen LogP contribution in [0.2, 0.25) is 0 Å². The third kappa shape index (κ3) is 1.24. The van der Waals surface area contributed by atoms with Crippen molar-refractivity contribution >= 4 is 27.0 Å². The Morgan fingerprint density at radius 3 is 2.93 bits per heavy atom. The molecule has 1 unspecified atom stereocenters. The summed E-state index contributed by atoms with van der Waals surface area (Å²) in [4.78, 5) is 22.7. The molecule has 2 amide bonds. The summed E-state index contributed by atoms with van der Waals surface area (Å²) in [6, 6.07) is 0. The van der Waals surface area contributed by atoms with Crippen LogP contribution in [-0.4, -0.2) is 38.1 Å². The first-order valence-electron chi connectivity index (χ1n) is 3.67. The van der Waals surface area contributed by atoms with E-state index in [1.165, 1.54) is 4.45 Å². The predicted octanol–water partition coefficient (Wildman–Crippen LogP) is -1.82. The lowest BCUT2D eigenvalue weighted by Crippen LogP contribution is -2.41. The fourth-order valence-electron chi connectivity index (χ4n) is 1.11. The van der Waals surface area contributed by atoms with Gasteiger partial charge in [-0.3, -0.25) is 14.6 Å². The van der Waals surface area contributed by atoms with Crippen molar-refractivity contribution in [2.45, 2.75) is 0 Å². The van der Waals surface area contributed by atoms with Gasteiger partial charge in [0.25, 0.3) is 5.91 Å². The van der Waals surface area contributed by atoms with Crippen LogP contribution >= 0.6 is 9.39 Å². The van der Waals surface area contributed by atoms with Crippen molar-refractivity contribution in [3.05, 3.63) is 5.69 Å². The number of nitrogens with zero attached hydrogens (tertiary/aromatic N) is 4.